The van der Waals surface area contributed by atoms with Crippen LogP contribution >= 0.6 is 0 Å². The van der Waals surface area contributed by atoms with Crippen LogP contribution in [0, 0.1) is 10.1 Å². The first-order valence-corrected chi connectivity index (χ1v) is 10.6. The van der Waals surface area contributed by atoms with E-state index in [1.54, 1.807) is 0 Å². The van der Waals surface area contributed by atoms with Gasteiger partial charge in [-0.05, 0) is 54.8 Å². The van der Waals surface area contributed by atoms with Gasteiger partial charge < -0.3 is 9.84 Å². The van der Waals surface area contributed by atoms with E-state index in [-0.39, 0.29) is 21.8 Å². The number of carbonyl (C=O) groups excluding carboxylic acids is 1. The number of nitro groups is 1. The maximum absolute atomic E-state index is 12.5. The lowest BCUT2D eigenvalue weighted by Crippen LogP contribution is -2.27. The standard InChI is InChI=1S/C20H20N2O7S/c1-29-19-13-14(12-17(20(19)24)22(25)26)4-9-18(23)15-5-7-16(8-6-15)30(27,28)21-10-2-3-11-21/h4-9,12-13,24H,2-3,10-11H2,1H3. The number of carbonyl (C=O) groups is 1. The van der Waals surface area contributed by atoms with Crippen LogP contribution in [0.5, 0.6) is 11.5 Å². The average molecular weight is 432 g/mol. The highest BCUT2D eigenvalue weighted by Gasteiger charge is 2.27. The van der Waals surface area contributed by atoms with Crippen molar-refractivity contribution in [2.24, 2.45) is 0 Å². The van der Waals surface area contributed by atoms with Crippen LogP contribution < -0.4 is 4.74 Å². The third-order valence-corrected chi connectivity index (χ3v) is 6.68. The van der Waals surface area contributed by atoms with Gasteiger partial charge in [0.05, 0.1) is 16.9 Å². The van der Waals surface area contributed by atoms with E-state index in [1.165, 1.54) is 53.9 Å². The van der Waals surface area contributed by atoms with Crippen molar-refractivity contribution in [2.45, 2.75) is 17.7 Å². The Morgan fingerprint density at radius 1 is 1.20 bits per heavy atom. The van der Waals surface area contributed by atoms with E-state index < -0.39 is 32.2 Å². The molecule has 158 valence electrons. The van der Waals surface area contributed by atoms with Crippen molar-refractivity contribution in [3.8, 4) is 11.5 Å². The number of hydrogen-bond acceptors (Lipinski definition) is 7. The van der Waals surface area contributed by atoms with Crippen LogP contribution in [-0.4, -0.2) is 48.7 Å². The molecule has 30 heavy (non-hydrogen) atoms. The van der Waals surface area contributed by atoms with E-state index in [1.807, 2.05) is 0 Å². The van der Waals surface area contributed by atoms with E-state index in [9.17, 15) is 28.4 Å². The molecule has 1 heterocycles. The van der Waals surface area contributed by atoms with Crippen molar-refractivity contribution in [2.75, 3.05) is 20.2 Å². The summed E-state index contributed by atoms with van der Waals surface area (Å²) in [4.78, 5) is 22.8. The van der Waals surface area contributed by atoms with Crippen molar-refractivity contribution < 1.29 is 28.0 Å². The zero-order chi connectivity index (χ0) is 21.9. The molecule has 3 rings (SSSR count). The van der Waals surface area contributed by atoms with E-state index in [0.717, 1.165) is 18.9 Å². The van der Waals surface area contributed by atoms with Crippen LogP contribution in [0.15, 0.2) is 47.4 Å². The molecule has 0 bridgehead atoms. The minimum atomic E-state index is -3.56. The fraction of sp³-hybridized carbons (Fsp3) is 0.250. The Hall–Kier alpha value is -3.24. The summed E-state index contributed by atoms with van der Waals surface area (Å²) >= 11 is 0. The molecule has 1 N–H and O–H groups in total. The second-order valence-electron chi connectivity index (χ2n) is 6.68. The van der Waals surface area contributed by atoms with Crippen molar-refractivity contribution in [1.82, 2.24) is 4.31 Å². The molecule has 0 amide bonds. The Morgan fingerprint density at radius 2 is 1.83 bits per heavy atom. The Labute approximate surface area is 173 Å². The van der Waals surface area contributed by atoms with Gasteiger partial charge in [0.25, 0.3) is 0 Å². The molecule has 2 aromatic rings. The lowest BCUT2D eigenvalue weighted by Gasteiger charge is -2.15. The lowest BCUT2D eigenvalue weighted by molar-refractivity contribution is -0.386. The van der Waals surface area contributed by atoms with Gasteiger partial charge in [-0.15, -0.1) is 0 Å². The Balaban J connectivity index is 1.80. The lowest BCUT2D eigenvalue weighted by atomic mass is 10.1. The second-order valence-corrected chi connectivity index (χ2v) is 8.62. The SMILES string of the molecule is COc1cc(C=CC(=O)c2ccc(S(=O)(=O)N3CCCC3)cc2)cc([N+](=O)[O-])c1O. The number of rotatable bonds is 7. The molecular weight excluding hydrogens is 412 g/mol. The number of phenols is 1. The molecule has 1 fully saturated rings. The Bertz CT molecular complexity index is 1100. The maximum atomic E-state index is 12.5. The minimum Gasteiger partial charge on any atom is -0.500 e. The maximum Gasteiger partial charge on any atom is 0.315 e. The molecular formula is C20H20N2O7S. The molecule has 0 saturated carbocycles. The van der Waals surface area contributed by atoms with Gasteiger partial charge in [0.1, 0.15) is 0 Å². The van der Waals surface area contributed by atoms with Crippen LogP contribution in [0.4, 0.5) is 5.69 Å². The number of ketones is 1. The average Bonchev–Trinajstić information content (AvgIpc) is 3.28. The largest absolute Gasteiger partial charge is 0.500 e. The van der Waals surface area contributed by atoms with Crippen LogP contribution in [-0.2, 0) is 10.0 Å². The molecule has 0 aromatic heterocycles. The number of aromatic hydroxyl groups is 1. The van der Waals surface area contributed by atoms with E-state index in [0.29, 0.717) is 13.1 Å². The third-order valence-electron chi connectivity index (χ3n) is 4.76. The summed E-state index contributed by atoms with van der Waals surface area (Å²) in [6.45, 7) is 0.988. The summed E-state index contributed by atoms with van der Waals surface area (Å²) < 4.78 is 31.4. The van der Waals surface area contributed by atoms with E-state index >= 15 is 0 Å². The summed E-state index contributed by atoms with van der Waals surface area (Å²) in [5.41, 5.74) is 0.0164. The van der Waals surface area contributed by atoms with E-state index in [4.69, 9.17) is 4.74 Å². The molecule has 0 radical (unpaired) electrons. The molecule has 10 heteroatoms. The highest BCUT2D eigenvalue weighted by Crippen LogP contribution is 2.37. The molecule has 0 spiro atoms. The van der Waals surface area contributed by atoms with Crippen LogP contribution in [0.25, 0.3) is 6.08 Å². The molecule has 1 aliphatic rings. The van der Waals surface area contributed by atoms with Crippen LogP contribution in [0.1, 0.15) is 28.8 Å². The first kappa shape index (κ1) is 21.5. The van der Waals surface area contributed by atoms with Crippen molar-refractivity contribution in [3.05, 3.63) is 63.7 Å². The molecule has 1 saturated heterocycles. The highest BCUT2D eigenvalue weighted by molar-refractivity contribution is 7.89. The van der Waals surface area contributed by atoms with Gasteiger partial charge in [-0.3, -0.25) is 14.9 Å². The number of nitro benzene ring substituents is 1. The third kappa shape index (κ3) is 4.34. The normalized spacial score (nSPS) is 14.8. The van der Waals surface area contributed by atoms with Crippen LogP contribution in [0.2, 0.25) is 0 Å². The van der Waals surface area contributed by atoms with Gasteiger partial charge in [0.15, 0.2) is 11.5 Å². The first-order valence-electron chi connectivity index (χ1n) is 9.12. The monoisotopic (exact) mass is 432 g/mol. The Kier molecular flexibility index (Phi) is 6.18. The number of allylic oxidation sites excluding steroid dienone is 1. The fourth-order valence-electron chi connectivity index (χ4n) is 3.14. The zero-order valence-electron chi connectivity index (χ0n) is 16.1. The molecule has 0 unspecified atom stereocenters. The predicted molar refractivity (Wildman–Crippen MR) is 109 cm³/mol. The summed E-state index contributed by atoms with van der Waals surface area (Å²) in [5.74, 6) is -1.09. The van der Waals surface area contributed by atoms with Gasteiger partial charge in [-0.2, -0.15) is 4.31 Å². The topological polar surface area (TPSA) is 127 Å². The van der Waals surface area contributed by atoms with Crippen LogP contribution in [0.3, 0.4) is 0 Å². The molecule has 2 aromatic carbocycles. The zero-order valence-corrected chi connectivity index (χ0v) is 17.0. The predicted octanol–water partition coefficient (Wildman–Crippen LogP) is 2.99. The number of nitrogens with zero attached hydrogens (tertiary/aromatic N) is 2. The van der Waals surface area contributed by atoms with Gasteiger partial charge in [0, 0.05) is 24.7 Å². The van der Waals surface area contributed by atoms with Gasteiger partial charge in [-0.25, -0.2) is 8.42 Å². The number of ether oxygens (including phenoxy) is 1. The first-order chi connectivity index (χ1) is 14.2. The Morgan fingerprint density at radius 3 is 2.40 bits per heavy atom. The van der Waals surface area contributed by atoms with Crippen molar-refractivity contribution >= 4 is 27.6 Å². The number of methoxy groups -OCH3 is 1. The van der Waals surface area contributed by atoms with Gasteiger partial charge >= 0.3 is 5.69 Å². The smallest absolute Gasteiger partial charge is 0.315 e. The summed E-state index contributed by atoms with van der Waals surface area (Å²) in [6, 6.07) is 8.11. The van der Waals surface area contributed by atoms with Gasteiger partial charge in [-0.1, -0.05) is 6.08 Å². The quantitative estimate of drug-likeness (QED) is 0.308. The summed E-state index contributed by atoms with van der Waals surface area (Å²) in [5, 5.41) is 20.9. The summed E-state index contributed by atoms with van der Waals surface area (Å²) in [6.07, 6.45) is 4.23. The summed E-state index contributed by atoms with van der Waals surface area (Å²) in [7, 11) is -2.30. The number of benzene rings is 2. The molecule has 9 nitrogen and oxygen atoms in total. The second kappa shape index (κ2) is 8.64. The molecule has 0 aliphatic carbocycles. The minimum absolute atomic E-state index is 0.0900. The van der Waals surface area contributed by atoms with E-state index in [2.05, 4.69) is 0 Å². The number of hydrogen-bond donors (Lipinski definition) is 1. The number of phenolic OH excluding ortho intramolecular Hbond substituents is 1. The molecule has 1 aliphatic heterocycles. The van der Waals surface area contributed by atoms with Crippen molar-refractivity contribution in [1.29, 1.82) is 0 Å². The number of sulfonamides is 1. The highest BCUT2D eigenvalue weighted by atomic mass is 32.2. The fourth-order valence-corrected chi connectivity index (χ4v) is 4.66. The molecule has 0 atom stereocenters. The van der Waals surface area contributed by atoms with Gasteiger partial charge in [0.2, 0.25) is 15.8 Å². The van der Waals surface area contributed by atoms with Crippen molar-refractivity contribution in [3.63, 3.8) is 0 Å².